The van der Waals surface area contributed by atoms with Crippen molar-refractivity contribution >= 4 is 17.5 Å². The maximum atomic E-state index is 11.7. The van der Waals surface area contributed by atoms with E-state index in [0.29, 0.717) is 5.69 Å². The molecule has 2 rings (SSSR count). The van der Waals surface area contributed by atoms with Crippen LogP contribution < -0.4 is 11.1 Å². The Bertz CT molecular complexity index is 719. The van der Waals surface area contributed by atoms with Gasteiger partial charge in [-0.3, -0.25) is 9.89 Å². The SMILES string of the molecule is N#Cc1ccc(NC(=O)c2nc(N)n[nH]2)cc1C#N. The van der Waals surface area contributed by atoms with Crippen molar-refractivity contribution in [2.75, 3.05) is 11.1 Å². The van der Waals surface area contributed by atoms with Crippen LogP contribution in [0.2, 0.25) is 0 Å². The number of nitrogens with two attached hydrogens (primary N) is 1. The van der Waals surface area contributed by atoms with E-state index in [2.05, 4.69) is 20.5 Å². The van der Waals surface area contributed by atoms with Crippen molar-refractivity contribution in [1.29, 1.82) is 10.5 Å². The molecule has 8 heteroatoms. The highest BCUT2D eigenvalue weighted by Gasteiger charge is 2.12. The monoisotopic (exact) mass is 253 g/mol. The summed E-state index contributed by atoms with van der Waals surface area (Å²) in [6.45, 7) is 0. The second kappa shape index (κ2) is 4.85. The number of aromatic amines is 1. The molecule has 1 amide bonds. The fourth-order valence-electron chi connectivity index (χ4n) is 1.38. The number of anilines is 2. The number of amides is 1. The zero-order chi connectivity index (χ0) is 13.8. The number of hydrogen-bond donors (Lipinski definition) is 3. The number of nitrogens with one attached hydrogen (secondary N) is 2. The number of nitrogens with zero attached hydrogens (tertiary/aromatic N) is 4. The average molecular weight is 253 g/mol. The van der Waals surface area contributed by atoms with Gasteiger partial charge in [-0.15, -0.1) is 5.10 Å². The van der Waals surface area contributed by atoms with Crippen LogP contribution in [0, 0.1) is 22.7 Å². The highest BCUT2D eigenvalue weighted by atomic mass is 16.2. The topological polar surface area (TPSA) is 144 Å². The summed E-state index contributed by atoms with van der Waals surface area (Å²) in [4.78, 5) is 15.4. The summed E-state index contributed by atoms with van der Waals surface area (Å²) < 4.78 is 0. The van der Waals surface area contributed by atoms with E-state index in [1.165, 1.54) is 18.2 Å². The van der Waals surface area contributed by atoms with Gasteiger partial charge in [-0.1, -0.05) is 0 Å². The number of carbonyl (C=O) groups excluding carboxylic acids is 1. The Morgan fingerprint density at radius 3 is 2.63 bits per heavy atom. The van der Waals surface area contributed by atoms with Crippen molar-refractivity contribution < 1.29 is 4.79 Å². The minimum Gasteiger partial charge on any atom is -0.366 e. The van der Waals surface area contributed by atoms with Gasteiger partial charge >= 0.3 is 0 Å². The smallest absolute Gasteiger partial charge is 0.293 e. The molecule has 0 unspecified atom stereocenters. The van der Waals surface area contributed by atoms with Gasteiger partial charge in [0.1, 0.15) is 12.1 Å². The fraction of sp³-hybridized carbons (Fsp3) is 0. The summed E-state index contributed by atoms with van der Waals surface area (Å²) in [7, 11) is 0. The van der Waals surface area contributed by atoms with E-state index in [4.69, 9.17) is 16.3 Å². The Hall–Kier alpha value is -3.39. The number of hydrogen-bond acceptors (Lipinski definition) is 6. The van der Waals surface area contributed by atoms with Crippen LogP contribution in [-0.2, 0) is 0 Å². The van der Waals surface area contributed by atoms with Crippen LogP contribution in [0.1, 0.15) is 21.7 Å². The molecule has 1 aromatic heterocycles. The quantitative estimate of drug-likeness (QED) is 0.705. The predicted octanol–water partition coefficient (Wildman–Crippen LogP) is 0.383. The van der Waals surface area contributed by atoms with Crippen LogP contribution in [0.15, 0.2) is 18.2 Å². The van der Waals surface area contributed by atoms with Gasteiger partial charge < -0.3 is 11.1 Å². The van der Waals surface area contributed by atoms with Crippen molar-refractivity contribution in [3.63, 3.8) is 0 Å². The molecule has 8 nitrogen and oxygen atoms in total. The van der Waals surface area contributed by atoms with Crippen LogP contribution in [0.25, 0.3) is 0 Å². The number of benzene rings is 1. The summed E-state index contributed by atoms with van der Waals surface area (Å²) in [5.74, 6) is -0.624. The Balaban J connectivity index is 2.23. The lowest BCUT2D eigenvalue weighted by atomic mass is 10.1. The number of rotatable bonds is 2. The molecule has 1 aromatic carbocycles. The van der Waals surface area contributed by atoms with Crippen LogP contribution in [-0.4, -0.2) is 21.1 Å². The minimum absolute atomic E-state index is 0.0392. The number of nitrogen functional groups attached to an aromatic ring is 1. The normalized spacial score (nSPS) is 9.37. The van der Waals surface area contributed by atoms with Crippen LogP contribution >= 0.6 is 0 Å². The molecule has 0 atom stereocenters. The molecule has 0 saturated carbocycles. The first kappa shape index (κ1) is 12.1. The molecule has 2 aromatic rings. The van der Waals surface area contributed by atoms with Gasteiger partial charge in [-0.25, -0.2) is 0 Å². The largest absolute Gasteiger partial charge is 0.366 e. The Labute approximate surface area is 107 Å². The number of aromatic nitrogens is 3. The van der Waals surface area contributed by atoms with Gasteiger partial charge in [0, 0.05) is 5.69 Å². The van der Waals surface area contributed by atoms with Crippen molar-refractivity contribution in [3.05, 3.63) is 35.2 Å². The minimum atomic E-state index is -0.544. The van der Waals surface area contributed by atoms with E-state index >= 15 is 0 Å². The van der Waals surface area contributed by atoms with Gasteiger partial charge in [0.05, 0.1) is 11.1 Å². The number of nitriles is 2. The fourth-order valence-corrected chi connectivity index (χ4v) is 1.38. The second-order valence-corrected chi connectivity index (χ2v) is 3.48. The highest BCUT2D eigenvalue weighted by Crippen LogP contribution is 2.15. The van der Waals surface area contributed by atoms with E-state index in [9.17, 15) is 4.79 Å². The summed E-state index contributed by atoms with van der Waals surface area (Å²) in [6, 6.07) is 8.11. The zero-order valence-electron chi connectivity index (χ0n) is 9.51. The number of H-pyrrole nitrogens is 1. The lowest BCUT2D eigenvalue weighted by Gasteiger charge is -2.03. The molecule has 0 aliphatic rings. The third kappa shape index (κ3) is 2.48. The van der Waals surface area contributed by atoms with Crippen molar-refractivity contribution in [2.45, 2.75) is 0 Å². The van der Waals surface area contributed by atoms with Gasteiger partial charge in [0.2, 0.25) is 11.8 Å². The van der Waals surface area contributed by atoms with E-state index in [1.807, 2.05) is 12.1 Å². The molecule has 0 spiro atoms. The molecule has 92 valence electrons. The van der Waals surface area contributed by atoms with Crippen molar-refractivity contribution in [2.24, 2.45) is 0 Å². The third-order valence-corrected chi connectivity index (χ3v) is 2.24. The van der Waals surface area contributed by atoms with E-state index in [-0.39, 0.29) is 22.9 Å². The Morgan fingerprint density at radius 1 is 1.32 bits per heavy atom. The van der Waals surface area contributed by atoms with E-state index in [0.717, 1.165) is 0 Å². The predicted molar refractivity (Wildman–Crippen MR) is 64.6 cm³/mol. The highest BCUT2D eigenvalue weighted by molar-refractivity contribution is 6.01. The third-order valence-electron chi connectivity index (χ3n) is 2.24. The molecule has 4 N–H and O–H groups in total. The molecule has 0 radical (unpaired) electrons. The Morgan fingerprint density at radius 2 is 2.05 bits per heavy atom. The molecule has 0 fully saturated rings. The first-order chi connectivity index (χ1) is 9.13. The zero-order valence-corrected chi connectivity index (χ0v) is 9.51. The van der Waals surface area contributed by atoms with Crippen LogP contribution in [0.5, 0.6) is 0 Å². The second-order valence-electron chi connectivity index (χ2n) is 3.48. The summed E-state index contributed by atoms with van der Waals surface area (Å²) >= 11 is 0. The van der Waals surface area contributed by atoms with Crippen LogP contribution in [0.4, 0.5) is 11.6 Å². The summed E-state index contributed by atoms with van der Waals surface area (Å²) in [5, 5.41) is 26.0. The molecule has 0 saturated heterocycles. The lowest BCUT2D eigenvalue weighted by Crippen LogP contribution is -2.14. The van der Waals surface area contributed by atoms with Gasteiger partial charge in [-0.2, -0.15) is 15.5 Å². The standard InChI is InChI=1S/C11H7N7O/c12-4-6-1-2-8(3-7(6)5-13)15-10(19)9-16-11(14)18-17-9/h1-3H,(H,15,19)(H3,14,16,17,18). The molecule has 0 bridgehead atoms. The first-order valence-corrected chi connectivity index (χ1v) is 5.07. The maximum Gasteiger partial charge on any atom is 0.293 e. The molecule has 19 heavy (non-hydrogen) atoms. The molecule has 0 aliphatic heterocycles. The van der Waals surface area contributed by atoms with Crippen LogP contribution in [0.3, 0.4) is 0 Å². The summed E-state index contributed by atoms with van der Waals surface area (Å²) in [6.07, 6.45) is 0. The van der Waals surface area contributed by atoms with Crippen molar-refractivity contribution in [3.8, 4) is 12.1 Å². The van der Waals surface area contributed by atoms with E-state index in [1.54, 1.807) is 0 Å². The number of carbonyl (C=O) groups is 1. The van der Waals surface area contributed by atoms with Gasteiger partial charge in [0.15, 0.2) is 0 Å². The maximum absolute atomic E-state index is 11.7. The van der Waals surface area contributed by atoms with E-state index < -0.39 is 5.91 Å². The molecular weight excluding hydrogens is 246 g/mol. The molecule has 1 heterocycles. The Kier molecular flexibility index (Phi) is 3.09. The first-order valence-electron chi connectivity index (χ1n) is 5.07. The lowest BCUT2D eigenvalue weighted by molar-refractivity contribution is 0.101. The average Bonchev–Trinajstić information content (AvgIpc) is 2.85. The molecule has 0 aliphatic carbocycles. The van der Waals surface area contributed by atoms with Gasteiger partial charge in [0.25, 0.3) is 5.91 Å². The molecular formula is C11H7N7O. The summed E-state index contributed by atoms with van der Waals surface area (Å²) in [5.41, 5.74) is 6.07. The van der Waals surface area contributed by atoms with Gasteiger partial charge in [-0.05, 0) is 18.2 Å². The van der Waals surface area contributed by atoms with Crippen molar-refractivity contribution in [1.82, 2.24) is 15.2 Å².